The van der Waals surface area contributed by atoms with E-state index in [9.17, 15) is 4.79 Å². The Bertz CT molecular complexity index is 782. The fraction of sp³-hybridized carbons (Fsp3) is 0.176. The third kappa shape index (κ3) is 5.75. The van der Waals surface area contributed by atoms with Gasteiger partial charge in [-0.15, -0.1) is 0 Å². The molecule has 0 saturated heterocycles. The van der Waals surface area contributed by atoms with Crippen LogP contribution in [0.25, 0.3) is 0 Å². The van der Waals surface area contributed by atoms with Crippen molar-refractivity contribution in [2.24, 2.45) is 5.10 Å². The number of rotatable bonds is 7. The molecule has 2 rings (SSSR count). The van der Waals surface area contributed by atoms with Gasteiger partial charge in [0.2, 0.25) is 0 Å². The van der Waals surface area contributed by atoms with Crippen LogP contribution in [0.4, 0.5) is 5.69 Å². The average Bonchev–Trinajstić information content (AvgIpc) is 2.60. The molecule has 132 valence electrons. The molecule has 2 aromatic rings. The van der Waals surface area contributed by atoms with Gasteiger partial charge in [0.25, 0.3) is 5.91 Å². The van der Waals surface area contributed by atoms with Crippen LogP contribution in [0, 0.1) is 0 Å². The molecule has 0 aliphatic heterocycles. The summed E-state index contributed by atoms with van der Waals surface area (Å²) in [6.45, 7) is 0.101. The van der Waals surface area contributed by atoms with Crippen molar-refractivity contribution in [3.63, 3.8) is 0 Å². The molecule has 0 bridgehead atoms. The van der Waals surface area contributed by atoms with Crippen LogP contribution in [0.15, 0.2) is 50.4 Å². The summed E-state index contributed by atoms with van der Waals surface area (Å²) in [5.74, 6) is 0.971. The minimum absolute atomic E-state index is 0.101. The van der Waals surface area contributed by atoms with Gasteiger partial charge in [-0.05, 0) is 57.9 Å². The number of nitrogens with zero attached hydrogens (tertiary/aromatic N) is 1. The Hall–Kier alpha value is -2.06. The smallest absolute Gasteiger partial charge is 0.259 e. The number of nitrogens with one attached hydrogen (secondary N) is 2. The van der Waals surface area contributed by atoms with E-state index in [0.717, 1.165) is 20.2 Å². The van der Waals surface area contributed by atoms with Crippen molar-refractivity contribution >= 4 is 49.7 Å². The highest BCUT2D eigenvalue weighted by Crippen LogP contribution is 2.27. The summed E-state index contributed by atoms with van der Waals surface area (Å²) in [7, 11) is 3.13. The Morgan fingerprint density at radius 1 is 1.12 bits per heavy atom. The van der Waals surface area contributed by atoms with Crippen LogP contribution in [0.3, 0.4) is 0 Å². The minimum atomic E-state index is -0.258. The Balaban J connectivity index is 1.88. The Labute approximate surface area is 162 Å². The summed E-state index contributed by atoms with van der Waals surface area (Å²) in [6.07, 6.45) is 1.54. The molecule has 2 N–H and O–H groups in total. The number of carbonyl (C=O) groups is 1. The third-order valence-corrected chi connectivity index (χ3v) is 4.33. The summed E-state index contributed by atoms with van der Waals surface area (Å²) in [6, 6.07) is 11.0. The molecule has 1 amide bonds. The van der Waals surface area contributed by atoms with Crippen molar-refractivity contribution in [2.75, 3.05) is 26.1 Å². The van der Waals surface area contributed by atoms with E-state index in [1.54, 1.807) is 26.4 Å². The van der Waals surface area contributed by atoms with Gasteiger partial charge in [-0.1, -0.05) is 15.9 Å². The molecule has 0 aliphatic carbocycles. The lowest BCUT2D eigenvalue weighted by atomic mass is 10.2. The SMILES string of the molecule is COc1ccc(C=NNC(=O)CNc2ccc(Br)cc2Br)cc1OC. The average molecular weight is 471 g/mol. The normalized spacial score (nSPS) is 10.6. The first-order chi connectivity index (χ1) is 12.0. The van der Waals surface area contributed by atoms with Gasteiger partial charge in [0.15, 0.2) is 11.5 Å². The number of methoxy groups -OCH3 is 2. The van der Waals surface area contributed by atoms with Crippen LogP contribution in [-0.4, -0.2) is 32.9 Å². The number of carbonyl (C=O) groups excluding carboxylic acids is 1. The first-order valence-electron chi connectivity index (χ1n) is 7.26. The molecule has 0 aliphatic rings. The number of amides is 1. The molecule has 8 heteroatoms. The van der Waals surface area contributed by atoms with E-state index in [0.29, 0.717) is 11.5 Å². The molecular formula is C17H17Br2N3O3. The van der Waals surface area contributed by atoms with E-state index in [2.05, 4.69) is 47.7 Å². The topological polar surface area (TPSA) is 72.0 Å². The van der Waals surface area contributed by atoms with Crippen LogP contribution in [0.5, 0.6) is 11.5 Å². The first kappa shape index (κ1) is 19.3. The number of halogens is 2. The Morgan fingerprint density at radius 3 is 2.56 bits per heavy atom. The van der Waals surface area contributed by atoms with Crippen molar-refractivity contribution < 1.29 is 14.3 Å². The Morgan fingerprint density at radius 2 is 1.88 bits per heavy atom. The summed E-state index contributed by atoms with van der Waals surface area (Å²) in [5.41, 5.74) is 4.07. The van der Waals surface area contributed by atoms with Gasteiger partial charge < -0.3 is 14.8 Å². The standard InChI is InChI=1S/C17H17Br2N3O3/c1-24-15-6-3-11(7-16(15)25-2)9-21-22-17(23)10-20-14-5-4-12(18)8-13(14)19/h3-9,20H,10H2,1-2H3,(H,22,23). The minimum Gasteiger partial charge on any atom is -0.493 e. The maximum Gasteiger partial charge on any atom is 0.259 e. The van der Waals surface area contributed by atoms with E-state index in [1.807, 2.05) is 24.3 Å². The zero-order chi connectivity index (χ0) is 18.2. The molecule has 25 heavy (non-hydrogen) atoms. The number of hydrogen-bond acceptors (Lipinski definition) is 5. The summed E-state index contributed by atoms with van der Waals surface area (Å²) >= 11 is 6.81. The van der Waals surface area contributed by atoms with E-state index >= 15 is 0 Å². The van der Waals surface area contributed by atoms with Crippen molar-refractivity contribution in [2.45, 2.75) is 0 Å². The lowest BCUT2D eigenvalue weighted by molar-refractivity contribution is -0.119. The first-order valence-corrected chi connectivity index (χ1v) is 8.85. The molecule has 0 heterocycles. The predicted octanol–water partition coefficient (Wildman–Crippen LogP) is 3.79. The molecule has 0 atom stereocenters. The van der Waals surface area contributed by atoms with Crippen LogP contribution >= 0.6 is 31.9 Å². The van der Waals surface area contributed by atoms with Gasteiger partial charge in [-0.3, -0.25) is 4.79 Å². The van der Waals surface area contributed by atoms with Crippen molar-refractivity contribution in [1.29, 1.82) is 0 Å². The lowest BCUT2D eigenvalue weighted by Crippen LogP contribution is -2.26. The molecule has 0 unspecified atom stereocenters. The van der Waals surface area contributed by atoms with E-state index in [1.165, 1.54) is 6.21 Å². The molecule has 0 fully saturated rings. The molecule has 6 nitrogen and oxygen atoms in total. The maximum atomic E-state index is 11.9. The highest BCUT2D eigenvalue weighted by molar-refractivity contribution is 9.11. The second kappa shape index (κ2) is 9.43. The molecule has 0 radical (unpaired) electrons. The van der Waals surface area contributed by atoms with Crippen LogP contribution in [-0.2, 0) is 4.79 Å². The van der Waals surface area contributed by atoms with Crippen LogP contribution in [0.1, 0.15) is 5.56 Å². The zero-order valence-electron chi connectivity index (χ0n) is 13.7. The third-order valence-electron chi connectivity index (χ3n) is 3.18. The van der Waals surface area contributed by atoms with E-state index in [4.69, 9.17) is 9.47 Å². The number of hydrogen-bond donors (Lipinski definition) is 2. The second-order valence-electron chi connectivity index (χ2n) is 4.89. The van der Waals surface area contributed by atoms with E-state index in [-0.39, 0.29) is 12.5 Å². The fourth-order valence-electron chi connectivity index (χ4n) is 1.96. The Kier molecular flexibility index (Phi) is 7.27. The molecule has 0 spiro atoms. The largest absolute Gasteiger partial charge is 0.493 e. The van der Waals surface area contributed by atoms with Gasteiger partial charge in [0.1, 0.15) is 0 Å². The van der Waals surface area contributed by atoms with Crippen molar-refractivity contribution in [1.82, 2.24) is 5.43 Å². The van der Waals surface area contributed by atoms with Crippen LogP contribution in [0.2, 0.25) is 0 Å². The molecular weight excluding hydrogens is 454 g/mol. The van der Waals surface area contributed by atoms with Gasteiger partial charge in [0.05, 0.1) is 27.0 Å². The maximum absolute atomic E-state index is 11.9. The van der Waals surface area contributed by atoms with Gasteiger partial charge >= 0.3 is 0 Å². The van der Waals surface area contributed by atoms with Crippen molar-refractivity contribution in [3.8, 4) is 11.5 Å². The summed E-state index contributed by atoms with van der Waals surface area (Å²) < 4.78 is 12.2. The zero-order valence-corrected chi connectivity index (χ0v) is 16.8. The highest BCUT2D eigenvalue weighted by Gasteiger charge is 2.05. The lowest BCUT2D eigenvalue weighted by Gasteiger charge is -2.08. The number of benzene rings is 2. The highest BCUT2D eigenvalue weighted by atomic mass is 79.9. The second-order valence-corrected chi connectivity index (χ2v) is 6.66. The summed E-state index contributed by atoms with van der Waals surface area (Å²) in [4.78, 5) is 11.9. The number of hydrazone groups is 1. The quantitative estimate of drug-likeness (QED) is 0.477. The molecule has 0 aromatic heterocycles. The van der Waals surface area contributed by atoms with Gasteiger partial charge in [-0.2, -0.15) is 5.10 Å². The monoisotopic (exact) mass is 469 g/mol. The summed E-state index contributed by atoms with van der Waals surface area (Å²) in [5, 5.41) is 6.97. The molecule has 2 aromatic carbocycles. The van der Waals surface area contributed by atoms with Crippen molar-refractivity contribution in [3.05, 3.63) is 50.9 Å². The number of anilines is 1. The van der Waals surface area contributed by atoms with Gasteiger partial charge in [-0.25, -0.2) is 5.43 Å². The van der Waals surface area contributed by atoms with Crippen LogP contribution < -0.4 is 20.2 Å². The van der Waals surface area contributed by atoms with Gasteiger partial charge in [0, 0.05) is 14.6 Å². The predicted molar refractivity (Wildman–Crippen MR) is 106 cm³/mol. The number of ether oxygens (including phenoxy) is 2. The molecule has 0 saturated carbocycles. The fourth-order valence-corrected chi connectivity index (χ4v) is 3.15. The van der Waals surface area contributed by atoms with E-state index < -0.39 is 0 Å².